The molecule has 0 aliphatic carbocycles. The standard InChI is InChI=1S/C16H19NO/c1-3-18-15-11-7-10-14(12-15)16(17-2)13-8-5-4-6-9-13/h4-12,16-17H,3H2,1-2H3. The first-order chi connectivity index (χ1) is 8.85. The van der Waals surface area contributed by atoms with Gasteiger partial charge in [0.1, 0.15) is 5.75 Å². The first-order valence-corrected chi connectivity index (χ1v) is 6.30. The minimum Gasteiger partial charge on any atom is -0.494 e. The van der Waals surface area contributed by atoms with Crippen molar-refractivity contribution in [3.05, 3.63) is 65.7 Å². The minimum absolute atomic E-state index is 0.201. The van der Waals surface area contributed by atoms with Gasteiger partial charge in [-0.05, 0) is 37.2 Å². The third kappa shape index (κ3) is 2.90. The van der Waals surface area contributed by atoms with Crippen LogP contribution in [-0.4, -0.2) is 13.7 Å². The highest BCUT2D eigenvalue weighted by Crippen LogP contribution is 2.24. The lowest BCUT2D eigenvalue weighted by Gasteiger charge is -2.18. The van der Waals surface area contributed by atoms with Gasteiger partial charge in [0.05, 0.1) is 12.6 Å². The van der Waals surface area contributed by atoms with Crippen LogP contribution in [0, 0.1) is 0 Å². The van der Waals surface area contributed by atoms with Gasteiger partial charge in [-0.1, -0.05) is 42.5 Å². The van der Waals surface area contributed by atoms with E-state index < -0.39 is 0 Å². The molecule has 2 rings (SSSR count). The Morgan fingerprint density at radius 1 is 1.00 bits per heavy atom. The quantitative estimate of drug-likeness (QED) is 0.866. The fraction of sp³-hybridized carbons (Fsp3) is 0.250. The molecule has 94 valence electrons. The molecule has 0 aliphatic rings. The summed E-state index contributed by atoms with van der Waals surface area (Å²) in [5.41, 5.74) is 2.48. The monoisotopic (exact) mass is 241 g/mol. The maximum absolute atomic E-state index is 5.55. The zero-order valence-electron chi connectivity index (χ0n) is 10.9. The molecule has 2 aromatic carbocycles. The van der Waals surface area contributed by atoms with Gasteiger partial charge in [-0.25, -0.2) is 0 Å². The van der Waals surface area contributed by atoms with Gasteiger partial charge in [0.25, 0.3) is 0 Å². The summed E-state index contributed by atoms with van der Waals surface area (Å²) in [7, 11) is 1.98. The van der Waals surface area contributed by atoms with Gasteiger partial charge in [-0.3, -0.25) is 0 Å². The second kappa shape index (κ2) is 6.22. The fourth-order valence-corrected chi connectivity index (χ4v) is 2.12. The van der Waals surface area contributed by atoms with E-state index in [9.17, 15) is 0 Å². The highest BCUT2D eigenvalue weighted by atomic mass is 16.5. The van der Waals surface area contributed by atoms with Crippen molar-refractivity contribution < 1.29 is 4.74 Å². The number of nitrogens with one attached hydrogen (secondary N) is 1. The minimum atomic E-state index is 0.201. The van der Waals surface area contributed by atoms with Crippen molar-refractivity contribution >= 4 is 0 Å². The van der Waals surface area contributed by atoms with E-state index in [0.29, 0.717) is 6.61 Å². The van der Waals surface area contributed by atoms with Crippen molar-refractivity contribution in [1.82, 2.24) is 5.32 Å². The largest absolute Gasteiger partial charge is 0.494 e. The third-order valence-electron chi connectivity index (χ3n) is 2.92. The van der Waals surface area contributed by atoms with Crippen molar-refractivity contribution in [2.75, 3.05) is 13.7 Å². The molecule has 0 bridgehead atoms. The molecule has 0 aromatic heterocycles. The smallest absolute Gasteiger partial charge is 0.119 e. The second-order valence-electron chi connectivity index (χ2n) is 4.14. The van der Waals surface area contributed by atoms with Gasteiger partial charge in [0.2, 0.25) is 0 Å². The lowest BCUT2D eigenvalue weighted by atomic mass is 9.99. The lowest BCUT2D eigenvalue weighted by Crippen LogP contribution is -2.17. The summed E-state index contributed by atoms with van der Waals surface area (Å²) in [4.78, 5) is 0. The van der Waals surface area contributed by atoms with Crippen molar-refractivity contribution in [2.24, 2.45) is 0 Å². The van der Waals surface area contributed by atoms with E-state index in [2.05, 4.69) is 41.7 Å². The van der Waals surface area contributed by atoms with E-state index >= 15 is 0 Å². The fourth-order valence-electron chi connectivity index (χ4n) is 2.12. The number of rotatable bonds is 5. The highest BCUT2D eigenvalue weighted by molar-refractivity contribution is 5.36. The van der Waals surface area contributed by atoms with Crippen LogP contribution in [0.4, 0.5) is 0 Å². The summed E-state index contributed by atoms with van der Waals surface area (Å²) < 4.78 is 5.55. The maximum Gasteiger partial charge on any atom is 0.119 e. The Labute approximate surface area is 109 Å². The van der Waals surface area contributed by atoms with Crippen molar-refractivity contribution in [2.45, 2.75) is 13.0 Å². The molecule has 18 heavy (non-hydrogen) atoms. The molecular formula is C16H19NO. The van der Waals surface area contributed by atoms with Crippen LogP contribution >= 0.6 is 0 Å². The van der Waals surface area contributed by atoms with Crippen LogP contribution in [0.15, 0.2) is 54.6 Å². The highest BCUT2D eigenvalue weighted by Gasteiger charge is 2.11. The number of ether oxygens (including phenoxy) is 1. The van der Waals surface area contributed by atoms with E-state index in [0.717, 1.165) is 5.75 Å². The van der Waals surface area contributed by atoms with Crippen LogP contribution in [0.3, 0.4) is 0 Å². The molecule has 0 saturated heterocycles. The van der Waals surface area contributed by atoms with Crippen molar-refractivity contribution in [3.63, 3.8) is 0 Å². The van der Waals surface area contributed by atoms with Gasteiger partial charge in [-0.2, -0.15) is 0 Å². The summed E-state index contributed by atoms with van der Waals surface area (Å²) in [5, 5.41) is 3.35. The molecule has 0 saturated carbocycles. The third-order valence-corrected chi connectivity index (χ3v) is 2.92. The van der Waals surface area contributed by atoms with Gasteiger partial charge in [0, 0.05) is 0 Å². The van der Waals surface area contributed by atoms with Crippen LogP contribution in [-0.2, 0) is 0 Å². The van der Waals surface area contributed by atoms with E-state index in [1.54, 1.807) is 0 Å². The van der Waals surface area contributed by atoms with Crippen molar-refractivity contribution in [3.8, 4) is 5.75 Å². The summed E-state index contributed by atoms with van der Waals surface area (Å²) in [6.07, 6.45) is 0. The van der Waals surface area contributed by atoms with E-state index in [1.807, 2.05) is 32.2 Å². The van der Waals surface area contributed by atoms with Crippen molar-refractivity contribution in [1.29, 1.82) is 0 Å². The SMILES string of the molecule is CCOc1cccc(C(NC)c2ccccc2)c1. The molecule has 0 radical (unpaired) electrons. The summed E-state index contributed by atoms with van der Waals surface area (Å²) in [6, 6.07) is 18.9. The first kappa shape index (κ1) is 12.7. The lowest BCUT2D eigenvalue weighted by molar-refractivity contribution is 0.339. The van der Waals surface area contributed by atoms with Crippen LogP contribution < -0.4 is 10.1 Å². The summed E-state index contributed by atoms with van der Waals surface area (Å²) in [6.45, 7) is 2.69. The Morgan fingerprint density at radius 2 is 1.72 bits per heavy atom. The normalized spacial score (nSPS) is 12.1. The predicted octanol–water partition coefficient (Wildman–Crippen LogP) is 3.39. The zero-order chi connectivity index (χ0) is 12.8. The van der Waals surface area contributed by atoms with E-state index in [4.69, 9.17) is 4.74 Å². The average molecular weight is 241 g/mol. The van der Waals surface area contributed by atoms with E-state index in [-0.39, 0.29) is 6.04 Å². The number of benzene rings is 2. The molecule has 2 aromatic rings. The molecule has 0 aliphatic heterocycles. The predicted molar refractivity (Wildman–Crippen MR) is 75.0 cm³/mol. The molecule has 2 nitrogen and oxygen atoms in total. The zero-order valence-corrected chi connectivity index (χ0v) is 10.9. The second-order valence-corrected chi connectivity index (χ2v) is 4.14. The first-order valence-electron chi connectivity index (χ1n) is 6.30. The summed E-state index contributed by atoms with van der Waals surface area (Å²) in [5.74, 6) is 0.922. The van der Waals surface area contributed by atoms with Gasteiger partial charge in [-0.15, -0.1) is 0 Å². The maximum atomic E-state index is 5.55. The molecule has 2 heteroatoms. The molecule has 0 fully saturated rings. The van der Waals surface area contributed by atoms with Crippen LogP contribution in [0.1, 0.15) is 24.1 Å². The molecule has 0 heterocycles. The Morgan fingerprint density at radius 3 is 2.39 bits per heavy atom. The molecule has 1 N–H and O–H groups in total. The molecular weight excluding hydrogens is 222 g/mol. The van der Waals surface area contributed by atoms with Gasteiger partial charge >= 0.3 is 0 Å². The van der Waals surface area contributed by atoms with Crippen LogP contribution in [0.2, 0.25) is 0 Å². The Bertz CT molecular complexity index is 481. The number of hydrogen-bond donors (Lipinski definition) is 1. The number of hydrogen-bond acceptors (Lipinski definition) is 2. The average Bonchev–Trinajstić information content (AvgIpc) is 2.42. The molecule has 1 atom stereocenters. The Kier molecular flexibility index (Phi) is 4.37. The van der Waals surface area contributed by atoms with Gasteiger partial charge in [0.15, 0.2) is 0 Å². The Hall–Kier alpha value is -1.80. The van der Waals surface area contributed by atoms with Crippen LogP contribution in [0.25, 0.3) is 0 Å². The van der Waals surface area contributed by atoms with Crippen LogP contribution in [0.5, 0.6) is 5.75 Å². The molecule has 0 spiro atoms. The summed E-state index contributed by atoms with van der Waals surface area (Å²) >= 11 is 0. The molecule has 0 amide bonds. The Balaban J connectivity index is 2.30. The van der Waals surface area contributed by atoms with E-state index in [1.165, 1.54) is 11.1 Å². The topological polar surface area (TPSA) is 21.3 Å². The molecule has 1 unspecified atom stereocenters. The van der Waals surface area contributed by atoms with Gasteiger partial charge < -0.3 is 10.1 Å².